The van der Waals surface area contributed by atoms with Gasteiger partial charge in [0.15, 0.2) is 17.5 Å². The van der Waals surface area contributed by atoms with E-state index in [4.69, 9.17) is 15.0 Å². The highest BCUT2D eigenvalue weighted by Crippen LogP contribution is 2.41. The van der Waals surface area contributed by atoms with Crippen molar-refractivity contribution in [2.75, 3.05) is 0 Å². The molecule has 0 aliphatic rings. The van der Waals surface area contributed by atoms with Gasteiger partial charge >= 0.3 is 0 Å². The fourth-order valence-electron chi connectivity index (χ4n) is 9.08. The van der Waals surface area contributed by atoms with Gasteiger partial charge in [0, 0.05) is 34.6 Å². The van der Waals surface area contributed by atoms with E-state index >= 15 is 0 Å². The Bertz CT molecular complexity index is 3560. The van der Waals surface area contributed by atoms with Gasteiger partial charge in [-0.3, -0.25) is 4.98 Å². The molecule has 2 heterocycles. The first kappa shape index (κ1) is 34.0. The van der Waals surface area contributed by atoms with Crippen molar-refractivity contribution in [3.63, 3.8) is 0 Å². The van der Waals surface area contributed by atoms with Gasteiger partial charge in [0.05, 0.1) is 0 Å². The Labute approximate surface area is 346 Å². The van der Waals surface area contributed by atoms with Gasteiger partial charge in [-0.25, -0.2) is 15.0 Å². The molecule has 0 aliphatic carbocycles. The van der Waals surface area contributed by atoms with Crippen molar-refractivity contribution < 1.29 is 0 Å². The van der Waals surface area contributed by atoms with Crippen LogP contribution in [0.25, 0.3) is 121 Å². The monoisotopic (exact) mass is 762 g/mol. The number of aromatic nitrogens is 4. The summed E-state index contributed by atoms with van der Waals surface area (Å²) in [5.41, 5.74) is 9.44. The van der Waals surface area contributed by atoms with Crippen LogP contribution in [0.15, 0.2) is 207 Å². The molecule has 0 aliphatic heterocycles. The molecule has 0 bridgehead atoms. The molecule has 12 aromatic rings. The number of pyridine rings is 1. The molecule has 0 N–H and O–H groups in total. The highest BCUT2D eigenvalue weighted by molar-refractivity contribution is 6.25. The summed E-state index contributed by atoms with van der Waals surface area (Å²) in [4.78, 5) is 19.9. The third kappa shape index (κ3) is 5.61. The smallest absolute Gasteiger partial charge is 0.164 e. The molecule has 60 heavy (non-hydrogen) atoms. The summed E-state index contributed by atoms with van der Waals surface area (Å²) in [5, 5.41) is 12.6. The summed E-state index contributed by atoms with van der Waals surface area (Å²) < 4.78 is 0. The molecule has 0 spiro atoms. The molecule has 12 rings (SSSR count). The average Bonchev–Trinajstić information content (AvgIpc) is 3.33. The summed E-state index contributed by atoms with van der Waals surface area (Å²) >= 11 is 0. The SMILES string of the molecule is c1cncc(-c2ccccc2-c2nc(-c3ccc(-c4cc5ccccc5c5ccccc45)cc3)nc(-c3ccc(-c4ccc5ccc6cccc7ccc4c5c67)cc3)n2)c1. The molecule has 0 atom stereocenters. The second-order valence-corrected chi connectivity index (χ2v) is 15.4. The number of nitrogens with zero attached hydrogens (tertiary/aromatic N) is 4. The van der Waals surface area contributed by atoms with Gasteiger partial charge in [-0.1, -0.05) is 182 Å². The second-order valence-electron chi connectivity index (χ2n) is 15.4. The molecule has 4 nitrogen and oxygen atoms in total. The number of hydrogen-bond donors (Lipinski definition) is 0. The Morgan fingerprint density at radius 3 is 1.53 bits per heavy atom. The van der Waals surface area contributed by atoms with Crippen LogP contribution in [0.2, 0.25) is 0 Å². The Kier molecular flexibility index (Phi) is 7.82. The molecular weight excluding hydrogens is 729 g/mol. The molecule has 0 saturated carbocycles. The van der Waals surface area contributed by atoms with Gasteiger partial charge in [0.2, 0.25) is 0 Å². The molecule has 0 unspecified atom stereocenters. The van der Waals surface area contributed by atoms with Gasteiger partial charge in [0.25, 0.3) is 0 Å². The molecule has 0 radical (unpaired) electrons. The molecule has 0 amide bonds. The lowest BCUT2D eigenvalue weighted by atomic mass is 9.90. The lowest BCUT2D eigenvalue weighted by Gasteiger charge is -2.15. The van der Waals surface area contributed by atoms with E-state index < -0.39 is 0 Å². The Morgan fingerprint density at radius 2 is 0.817 bits per heavy atom. The van der Waals surface area contributed by atoms with Crippen molar-refractivity contribution in [2.24, 2.45) is 0 Å². The van der Waals surface area contributed by atoms with E-state index in [1.807, 2.05) is 24.4 Å². The number of benzene rings is 10. The van der Waals surface area contributed by atoms with Gasteiger partial charge in [0.1, 0.15) is 0 Å². The van der Waals surface area contributed by atoms with Crippen molar-refractivity contribution >= 4 is 53.9 Å². The van der Waals surface area contributed by atoms with E-state index in [0.717, 1.165) is 38.9 Å². The maximum atomic E-state index is 5.18. The van der Waals surface area contributed by atoms with Gasteiger partial charge in [-0.2, -0.15) is 0 Å². The third-order valence-corrected chi connectivity index (χ3v) is 12.0. The molecule has 0 fully saturated rings. The lowest BCUT2D eigenvalue weighted by Crippen LogP contribution is -2.01. The Hall–Kier alpha value is -8.08. The summed E-state index contributed by atoms with van der Waals surface area (Å²) in [5.74, 6) is 1.83. The number of hydrogen-bond acceptors (Lipinski definition) is 4. The largest absolute Gasteiger partial charge is 0.264 e. The minimum atomic E-state index is 0.606. The van der Waals surface area contributed by atoms with Crippen molar-refractivity contribution in [1.29, 1.82) is 0 Å². The van der Waals surface area contributed by atoms with E-state index in [0.29, 0.717) is 17.5 Å². The van der Waals surface area contributed by atoms with Gasteiger partial charge in [-0.05, 0) is 93.8 Å². The van der Waals surface area contributed by atoms with E-state index in [9.17, 15) is 0 Å². The van der Waals surface area contributed by atoms with Gasteiger partial charge < -0.3 is 0 Å². The minimum Gasteiger partial charge on any atom is -0.264 e. The van der Waals surface area contributed by atoms with Gasteiger partial charge in [-0.15, -0.1) is 0 Å². The topological polar surface area (TPSA) is 51.6 Å². The minimum absolute atomic E-state index is 0.606. The first-order valence-electron chi connectivity index (χ1n) is 20.3. The standard InChI is InChI=1S/C56H34N4/c1-2-13-44-42(9-1)33-51(48-16-5-4-15-47(44)48)36-20-26-41(27-21-36)55-58-54(59-56(60-55)50-17-6-3-14-45(50)43-12-8-32-57-34-43)40-24-18-35(19-25-40)46-30-28-39-23-22-37-10-7-11-38-29-31-49(46)53(39)52(37)38/h1-34H. The summed E-state index contributed by atoms with van der Waals surface area (Å²) in [6, 6.07) is 69.1. The first-order valence-corrected chi connectivity index (χ1v) is 20.3. The summed E-state index contributed by atoms with van der Waals surface area (Å²) in [7, 11) is 0. The lowest BCUT2D eigenvalue weighted by molar-refractivity contribution is 1.07. The van der Waals surface area contributed by atoms with Crippen LogP contribution in [0.5, 0.6) is 0 Å². The van der Waals surface area contributed by atoms with Crippen LogP contribution in [0.4, 0.5) is 0 Å². The maximum absolute atomic E-state index is 5.18. The van der Waals surface area contributed by atoms with E-state index in [1.165, 1.54) is 65.0 Å². The molecule has 4 heteroatoms. The van der Waals surface area contributed by atoms with E-state index in [-0.39, 0.29) is 0 Å². The van der Waals surface area contributed by atoms with E-state index in [1.54, 1.807) is 6.20 Å². The fraction of sp³-hybridized carbons (Fsp3) is 0. The third-order valence-electron chi connectivity index (χ3n) is 12.0. The highest BCUT2D eigenvalue weighted by Gasteiger charge is 2.18. The van der Waals surface area contributed by atoms with Crippen molar-refractivity contribution in [1.82, 2.24) is 19.9 Å². The van der Waals surface area contributed by atoms with Crippen LogP contribution in [-0.4, -0.2) is 19.9 Å². The predicted molar refractivity (Wildman–Crippen MR) is 249 cm³/mol. The maximum Gasteiger partial charge on any atom is 0.164 e. The average molecular weight is 763 g/mol. The first-order chi connectivity index (χ1) is 29.7. The molecule has 2 aromatic heterocycles. The fourth-order valence-corrected chi connectivity index (χ4v) is 9.08. The predicted octanol–water partition coefficient (Wildman–Crippen LogP) is 14.5. The summed E-state index contributed by atoms with van der Waals surface area (Å²) in [6.07, 6.45) is 3.68. The van der Waals surface area contributed by atoms with Crippen molar-refractivity contribution in [3.05, 3.63) is 207 Å². The number of fused-ring (bicyclic) bond motifs is 3. The zero-order chi connectivity index (χ0) is 39.6. The van der Waals surface area contributed by atoms with Crippen molar-refractivity contribution in [3.8, 4) is 67.5 Å². The quantitative estimate of drug-likeness (QED) is 0.158. The molecule has 278 valence electrons. The Morgan fingerprint density at radius 1 is 0.267 bits per heavy atom. The number of rotatable bonds is 6. The second kappa shape index (κ2) is 13.8. The van der Waals surface area contributed by atoms with Crippen molar-refractivity contribution in [2.45, 2.75) is 0 Å². The zero-order valence-electron chi connectivity index (χ0n) is 32.4. The Balaban J connectivity index is 0.982. The van der Waals surface area contributed by atoms with Crippen LogP contribution >= 0.6 is 0 Å². The molecular formula is C56H34N4. The molecule has 0 saturated heterocycles. The highest BCUT2D eigenvalue weighted by atomic mass is 15.0. The van der Waals surface area contributed by atoms with Crippen LogP contribution in [-0.2, 0) is 0 Å². The van der Waals surface area contributed by atoms with Crippen LogP contribution in [0, 0.1) is 0 Å². The molecule has 10 aromatic carbocycles. The summed E-state index contributed by atoms with van der Waals surface area (Å²) in [6.45, 7) is 0. The van der Waals surface area contributed by atoms with Crippen LogP contribution < -0.4 is 0 Å². The normalized spacial score (nSPS) is 11.7. The van der Waals surface area contributed by atoms with E-state index in [2.05, 4.69) is 181 Å². The zero-order valence-corrected chi connectivity index (χ0v) is 32.4. The van der Waals surface area contributed by atoms with Crippen LogP contribution in [0.1, 0.15) is 0 Å². The van der Waals surface area contributed by atoms with Crippen LogP contribution in [0.3, 0.4) is 0 Å².